The average Bonchev–Trinajstić information content (AvgIpc) is 3.39. The van der Waals surface area contributed by atoms with Crippen molar-refractivity contribution in [2.24, 2.45) is 0 Å². The Labute approximate surface area is 168 Å². The predicted octanol–water partition coefficient (Wildman–Crippen LogP) is 0.468. The molecule has 0 N–H and O–H groups in total. The molecule has 0 bridgehead atoms. The van der Waals surface area contributed by atoms with Crippen molar-refractivity contribution in [1.82, 2.24) is 9.80 Å². The highest BCUT2D eigenvalue weighted by atomic mass is 32.2. The van der Waals surface area contributed by atoms with Crippen LogP contribution in [0.5, 0.6) is 0 Å². The molecule has 29 heavy (non-hydrogen) atoms. The lowest BCUT2D eigenvalue weighted by molar-refractivity contribution is -0.143. The SMILES string of the molecule is Cc1ccc(N2C(=O)C(=O)N(CC(=O)N(C3CC3)C3CCS(=O)(=O)C3)C2=O)cc1. The third kappa shape index (κ3) is 3.64. The summed E-state index contributed by atoms with van der Waals surface area (Å²) in [4.78, 5) is 53.3. The zero-order valence-electron chi connectivity index (χ0n) is 15.9. The molecule has 1 aromatic carbocycles. The summed E-state index contributed by atoms with van der Waals surface area (Å²) in [7, 11) is -3.19. The van der Waals surface area contributed by atoms with Crippen molar-refractivity contribution < 1.29 is 27.6 Å². The second kappa shape index (κ2) is 6.94. The molecule has 0 spiro atoms. The van der Waals surface area contributed by atoms with Crippen molar-refractivity contribution in [3.63, 3.8) is 0 Å². The number of hydrogen-bond donors (Lipinski definition) is 0. The van der Waals surface area contributed by atoms with Crippen LogP contribution in [-0.4, -0.2) is 72.1 Å². The van der Waals surface area contributed by atoms with E-state index in [2.05, 4.69) is 0 Å². The van der Waals surface area contributed by atoms with Crippen LogP contribution in [0.1, 0.15) is 24.8 Å². The minimum absolute atomic E-state index is 0.0232. The van der Waals surface area contributed by atoms with Gasteiger partial charge in [0.1, 0.15) is 6.54 Å². The Kier molecular flexibility index (Phi) is 4.68. The zero-order chi connectivity index (χ0) is 20.9. The number of hydrogen-bond acceptors (Lipinski definition) is 6. The summed E-state index contributed by atoms with van der Waals surface area (Å²) in [6.45, 7) is 1.28. The second-order valence-electron chi connectivity index (χ2n) is 7.74. The number of aryl methyl sites for hydroxylation is 1. The molecular weight excluding hydrogens is 398 g/mol. The fourth-order valence-corrected chi connectivity index (χ4v) is 5.55. The molecule has 2 aliphatic heterocycles. The van der Waals surface area contributed by atoms with E-state index in [-0.39, 0.29) is 23.2 Å². The highest BCUT2D eigenvalue weighted by Crippen LogP contribution is 2.33. The Morgan fingerprint density at radius 2 is 1.69 bits per heavy atom. The topological polar surface area (TPSA) is 112 Å². The number of nitrogens with zero attached hydrogens (tertiary/aromatic N) is 3. The monoisotopic (exact) mass is 419 g/mol. The van der Waals surface area contributed by atoms with Crippen molar-refractivity contribution >= 4 is 39.3 Å². The maximum atomic E-state index is 12.9. The van der Waals surface area contributed by atoms with Gasteiger partial charge >= 0.3 is 17.8 Å². The van der Waals surface area contributed by atoms with Crippen molar-refractivity contribution in [3.05, 3.63) is 29.8 Å². The van der Waals surface area contributed by atoms with Gasteiger partial charge in [-0.15, -0.1) is 0 Å². The molecule has 3 aliphatic rings. The molecule has 154 valence electrons. The van der Waals surface area contributed by atoms with E-state index in [1.165, 1.54) is 4.90 Å². The van der Waals surface area contributed by atoms with Crippen LogP contribution in [0.3, 0.4) is 0 Å². The first-order valence-electron chi connectivity index (χ1n) is 9.46. The van der Waals surface area contributed by atoms with Gasteiger partial charge in [-0.2, -0.15) is 0 Å². The van der Waals surface area contributed by atoms with Crippen LogP contribution in [0.4, 0.5) is 10.5 Å². The maximum absolute atomic E-state index is 12.9. The summed E-state index contributed by atoms with van der Waals surface area (Å²) >= 11 is 0. The molecule has 5 amide bonds. The lowest BCUT2D eigenvalue weighted by atomic mass is 10.2. The van der Waals surface area contributed by atoms with Crippen LogP contribution >= 0.6 is 0 Å². The smallest absolute Gasteiger partial charge is 0.334 e. The summed E-state index contributed by atoms with van der Waals surface area (Å²) in [6, 6.07) is 5.15. The number of imide groups is 2. The molecule has 1 saturated carbocycles. The van der Waals surface area contributed by atoms with Gasteiger partial charge in [-0.1, -0.05) is 17.7 Å². The molecule has 1 atom stereocenters. The molecule has 2 heterocycles. The van der Waals surface area contributed by atoms with E-state index in [1.54, 1.807) is 24.3 Å². The van der Waals surface area contributed by atoms with Crippen LogP contribution < -0.4 is 4.90 Å². The Bertz CT molecular complexity index is 999. The summed E-state index contributed by atoms with van der Waals surface area (Å²) in [5, 5.41) is 0. The fraction of sp³-hybridized carbons (Fsp3) is 0.474. The van der Waals surface area contributed by atoms with Gasteiger partial charge in [-0.25, -0.2) is 23.0 Å². The average molecular weight is 419 g/mol. The van der Waals surface area contributed by atoms with E-state index < -0.39 is 46.2 Å². The van der Waals surface area contributed by atoms with Gasteiger partial charge in [0.25, 0.3) is 0 Å². The molecule has 3 fully saturated rings. The maximum Gasteiger partial charge on any atom is 0.339 e. The highest BCUT2D eigenvalue weighted by Gasteiger charge is 2.48. The number of sulfone groups is 1. The molecule has 0 aromatic heterocycles. The van der Waals surface area contributed by atoms with E-state index in [0.29, 0.717) is 11.3 Å². The van der Waals surface area contributed by atoms with Crippen LogP contribution in [0, 0.1) is 6.92 Å². The molecule has 1 aliphatic carbocycles. The van der Waals surface area contributed by atoms with Crippen molar-refractivity contribution in [2.45, 2.75) is 38.3 Å². The molecule has 4 rings (SSSR count). The Morgan fingerprint density at radius 3 is 2.24 bits per heavy atom. The molecule has 1 aromatic rings. The number of carbonyl (C=O) groups is 4. The first-order chi connectivity index (χ1) is 13.7. The van der Waals surface area contributed by atoms with Gasteiger partial charge in [0.2, 0.25) is 5.91 Å². The van der Waals surface area contributed by atoms with Crippen LogP contribution in [0.2, 0.25) is 0 Å². The van der Waals surface area contributed by atoms with Crippen LogP contribution in [0.25, 0.3) is 0 Å². The van der Waals surface area contributed by atoms with Gasteiger partial charge in [0.15, 0.2) is 9.84 Å². The number of anilines is 1. The highest BCUT2D eigenvalue weighted by molar-refractivity contribution is 7.91. The largest absolute Gasteiger partial charge is 0.339 e. The quantitative estimate of drug-likeness (QED) is 0.507. The zero-order valence-corrected chi connectivity index (χ0v) is 16.7. The van der Waals surface area contributed by atoms with E-state index in [0.717, 1.165) is 23.3 Å². The Balaban J connectivity index is 1.53. The lowest BCUT2D eigenvalue weighted by Gasteiger charge is -2.29. The van der Waals surface area contributed by atoms with E-state index in [4.69, 9.17) is 0 Å². The molecule has 1 unspecified atom stereocenters. The van der Waals surface area contributed by atoms with Gasteiger partial charge < -0.3 is 4.90 Å². The Morgan fingerprint density at radius 1 is 1.03 bits per heavy atom. The van der Waals surface area contributed by atoms with Crippen molar-refractivity contribution in [2.75, 3.05) is 23.0 Å². The normalized spacial score (nSPS) is 23.8. The first kappa shape index (κ1) is 19.6. The van der Waals surface area contributed by atoms with Crippen LogP contribution in [-0.2, 0) is 24.2 Å². The van der Waals surface area contributed by atoms with E-state index in [1.807, 2.05) is 6.92 Å². The molecule has 10 heteroatoms. The summed E-state index contributed by atoms with van der Waals surface area (Å²) in [5.74, 6) is -2.65. The predicted molar refractivity (Wildman–Crippen MR) is 103 cm³/mol. The summed E-state index contributed by atoms with van der Waals surface area (Å²) < 4.78 is 23.6. The number of urea groups is 1. The Hall–Kier alpha value is -2.75. The third-order valence-corrected chi connectivity index (χ3v) is 7.22. The first-order valence-corrected chi connectivity index (χ1v) is 11.3. The lowest BCUT2D eigenvalue weighted by Crippen LogP contribution is -2.49. The number of carbonyl (C=O) groups excluding carboxylic acids is 4. The van der Waals surface area contributed by atoms with Crippen LogP contribution in [0.15, 0.2) is 24.3 Å². The van der Waals surface area contributed by atoms with Gasteiger partial charge in [-0.05, 0) is 38.3 Å². The minimum atomic E-state index is -3.19. The third-order valence-electron chi connectivity index (χ3n) is 5.47. The number of benzene rings is 1. The fourth-order valence-electron chi connectivity index (χ4n) is 3.84. The van der Waals surface area contributed by atoms with Gasteiger partial charge in [0.05, 0.1) is 17.2 Å². The molecular formula is C19H21N3O6S. The molecule has 9 nitrogen and oxygen atoms in total. The summed E-state index contributed by atoms with van der Waals surface area (Å²) in [6.07, 6.45) is 1.87. The number of rotatable bonds is 5. The minimum Gasteiger partial charge on any atom is -0.334 e. The van der Waals surface area contributed by atoms with Gasteiger partial charge in [-0.3, -0.25) is 14.4 Å². The molecule has 2 saturated heterocycles. The number of amides is 5. The van der Waals surface area contributed by atoms with Crippen molar-refractivity contribution in [3.8, 4) is 0 Å². The van der Waals surface area contributed by atoms with E-state index >= 15 is 0 Å². The van der Waals surface area contributed by atoms with Gasteiger partial charge in [0, 0.05) is 12.1 Å². The second-order valence-corrected chi connectivity index (χ2v) is 9.97. The molecule has 0 radical (unpaired) electrons. The van der Waals surface area contributed by atoms with E-state index in [9.17, 15) is 27.6 Å². The van der Waals surface area contributed by atoms with Crippen molar-refractivity contribution in [1.29, 1.82) is 0 Å². The summed E-state index contributed by atoms with van der Waals surface area (Å²) in [5.41, 5.74) is 1.19. The standard InChI is InChI=1S/C19H21N3O6S/c1-12-2-4-14(5-3-12)22-18(25)17(24)20(19(22)26)10-16(23)21(13-6-7-13)15-8-9-29(27,28)11-15/h2-5,13,15H,6-11H2,1H3.